The molecule has 76 valence electrons. The number of rotatable bonds is 1. The highest BCUT2D eigenvalue weighted by Crippen LogP contribution is 2.26. The van der Waals surface area contributed by atoms with Gasteiger partial charge >= 0.3 is 6.09 Å². The average molecular weight is 267 g/mol. The molecular weight excluding hydrogens is 260 g/mol. The molecule has 0 atom stereocenters. The molecule has 1 aliphatic heterocycles. The minimum Gasteiger partial charge on any atom is -0.447 e. The first-order valence-corrected chi connectivity index (χ1v) is 5.15. The van der Waals surface area contributed by atoms with Crippen molar-refractivity contribution < 1.29 is 9.53 Å². The molecule has 2 rings (SSSR count). The summed E-state index contributed by atoms with van der Waals surface area (Å²) in [6.45, 7) is 0.861. The number of amides is 1. The van der Waals surface area contributed by atoms with Crippen LogP contribution in [0.15, 0.2) is 22.7 Å². The Bertz CT molecular complexity index is 453. The van der Waals surface area contributed by atoms with Crippen molar-refractivity contribution >= 4 is 27.7 Å². The third kappa shape index (κ3) is 1.81. The Kier molecular flexibility index (Phi) is 2.60. The SMILES string of the molecule is N#Cc1ccc(Br)cc1N1CCOC1=O. The highest BCUT2D eigenvalue weighted by Gasteiger charge is 2.25. The number of ether oxygens (including phenoxy) is 1. The molecule has 0 aliphatic carbocycles. The maximum absolute atomic E-state index is 11.3. The van der Waals surface area contributed by atoms with Crippen LogP contribution in [-0.2, 0) is 4.74 Å². The quantitative estimate of drug-likeness (QED) is 0.784. The van der Waals surface area contributed by atoms with E-state index in [9.17, 15) is 4.79 Å². The minimum absolute atomic E-state index is 0.371. The number of nitriles is 1. The second-order valence-corrected chi connectivity index (χ2v) is 3.95. The number of cyclic esters (lactones) is 1. The molecule has 0 radical (unpaired) electrons. The molecule has 0 saturated carbocycles. The number of anilines is 1. The molecule has 0 aromatic heterocycles. The fourth-order valence-corrected chi connectivity index (χ4v) is 1.78. The summed E-state index contributed by atoms with van der Waals surface area (Å²) in [7, 11) is 0. The maximum Gasteiger partial charge on any atom is 0.414 e. The number of benzene rings is 1. The largest absolute Gasteiger partial charge is 0.447 e. The van der Waals surface area contributed by atoms with Gasteiger partial charge in [-0.25, -0.2) is 4.79 Å². The summed E-state index contributed by atoms with van der Waals surface area (Å²) < 4.78 is 5.65. The molecule has 1 saturated heterocycles. The number of hydrogen-bond acceptors (Lipinski definition) is 3. The van der Waals surface area contributed by atoms with Crippen LogP contribution in [0.4, 0.5) is 10.5 Å². The predicted molar refractivity (Wildman–Crippen MR) is 57.6 cm³/mol. The van der Waals surface area contributed by atoms with Crippen molar-refractivity contribution in [3.63, 3.8) is 0 Å². The molecule has 0 unspecified atom stereocenters. The van der Waals surface area contributed by atoms with Gasteiger partial charge in [0.05, 0.1) is 17.8 Å². The third-order valence-electron chi connectivity index (χ3n) is 2.13. The van der Waals surface area contributed by atoms with Gasteiger partial charge in [0.1, 0.15) is 12.7 Å². The average Bonchev–Trinajstić information content (AvgIpc) is 2.64. The van der Waals surface area contributed by atoms with Gasteiger partial charge < -0.3 is 4.74 Å². The number of nitrogens with zero attached hydrogens (tertiary/aromatic N) is 2. The molecular formula is C10H7BrN2O2. The van der Waals surface area contributed by atoms with Gasteiger partial charge in [-0.2, -0.15) is 5.26 Å². The molecule has 0 bridgehead atoms. The smallest absolute Gasteiger partial charge is 0.414 e. The molecule has 0 N–H and O–H groups in total. The van der Waals surface area contributed by atoms with Crippen molar-refractivity contribution in [1.82, 2.24) is 0 Å². The van der Waals surface area contributed by atoms with Crippen molar-refractivity contribution in [3.8, 4) is 6.07 Å². The standard InChI is InChI=1S/C10H7BrN2O2/c11-8-2-1-7(6-12)9(5-8)13-3-4-15-10(13)14/h1-2,5H,3-4H2. The van der Waals surface area contributed by atoms with E-state index in [-0.39, 0.29) is 0 Å². The second kappa shape index (κ2) is 3.91. The highest BCUT2D eigenvalue weighted by atomic mass is 79.9. The summed E-state index contributed by atoms with van der Waals surface area (Å²) in [6.07, 6.45) is -0.399. The van der Waals surface area contributed by atoms with Crippen molar-refractivity contribution in [1.29, 1.82) is 5.26 Å². The van der Waals surface area contributed by atoms with Gasteiger partial charge in [0.25, 0.3) is 0 Å². The fraction of sp³-hybridized carbons (Fsp3) is 0.200. The molecule has 1 amide bonds. The molecule has 1 aliphatic rings. The fourth-order valence-electron chi connectivity index (χ4n) is 1.43. The first-order valence-electron chi connectivity index (χ1n) is 4.36. The second-order valence-electron chi connectivity index (χ2n) is 3.04. The normalized spacial score (nSPS) is 14.9. The molecule has 15 heavy (non-hydrogen) atoms. The Balaban J connectivity index is 2.46. The zero-order valence-electron chi connectivity index (χ0n) is 7.74. The Morgan fingerprint density at radius 1 is 1.53 bits per heavy atom. The lowest BCUT2D eigenvalue weighted by atomic mass is 10.2. The minimum atomic E-state index is -0.399. The van der Waals surface area contributed by atoms with Crippen LogP contribution in [0.5, 0.6) is 0 Å². The summed E-state index contributed by atoms with van der Waals surface area (Å²) in [6, 6.07) is 7.23. The summed E-state index contributed by atoms with van der Waals surface area (Å²) in [5.41, 5.74) is 1.06. The zero-order chi connectivity index (χ0) is 10.8. The number of halogens is 1. The van der Waals surface area contributed by atoms with Crippen molar-refractivity contribution in [2.45, 2.75) is 0 Å². The number of carbonyl (C=O) groups excluding carboxylic acids is 1. The van der Waals surface area contributed by atoms with E-state index in [1.54, 1.807) is 18.2 Å². The Hall–Kier alpha value is -1.54. The molecule has 1 heterocycles. The van der Waals surface area contributed by atoms with Gasteiger partial charge in [-0.3, -0.25) is 4.90 Å². The predicted octanol–water partition coefficient (Wildman–Crippen LogP) is 2.28. The Morgan fingerprint density at radius 2 is 2.33 bits per heavy atom. The first-order chi connectivity index (χ1) is 7.22. The lowest BCUT2D eigenvalue weighted by molar-refractivity contribution is 0.181. The van der Waals surface area contributed by atoms with Crippen LogP contribution in [0, 0.1) is 11.3 Å². The molecule has 4 nitrogen and oxygen atoms in total. The van der Waals surface area contributed by atoms with Crippen LogP contribution in [-0.4, -0.2) is 19.2 Å². The van der Waals surface area contributed by atoms with Gasteiger partial charge in [0.2, 0.25) is 0 Å². The van der Waals surface area contributed by atoms with Gasteiger partial charge in [0.15, 0.2) is 0 Å². The summed E-state index contributed by atoms with van der Waals surface area (Å²) in [5, 5.41) is 8.91. The molecule has 1 aromatic carbocycles. The van der Waals surface area contributed by atoms with Gasteiger partial charge in [0, 0.05) is 4.47 Å². The number of carbonyl (C=O) groups is 1. The topological polar surface area (TPSA) is 53.3 Å². The summed E-state index contributed by atoms with van der Waals surface area (Å²) in [5.74, 6) is 0. The van der Waals surface area contributed by atoms with E-state index in [4.69, 9.17) is 10.00 Å². The molecule has 1 aromatic rings. The van der Waals surface area contributed by atoms with E-state index in [0.717, 1.165) is 4.47 Å². The zero-order valence-corrected chi connectivity index (χ0v) is 9.32. The Morgan fingerprint density at radius 3 is 2.93 bits per heavy atom. The lowest BCUT2D eigenvalue weighted by Gasteiger charge is -2.14. The van der Waals surface area contributed by atoms with Crippen molar-refractivity contribution in [2.75, 3.05) is 18.1 Å². The van der Waals surface area contributed by atoms with E-state index >= 15 is 0 Å². The van der Waals surface area contributed by atoms with E-state index in [0.29, 0.717) is 24.4 Å². The van der Waals surface area contributed by atoms with Gasteiger partial charge in [-0.05, 0) is 18.2 Å². The van der Waals surface area contributed by atoms with Crippen LogP contribution >= 0.6 is 15.9 Å². The first kappa shape index (κ1) is 9.99. The van der Waals surface area contributed by atoms with Crippen molar-refractivity contribution in [3.05, 3.63) is 28.2 Å². The van der Waals surface area contributed by atoms with Crippen molar-refractivity contribution in [2.24, 2.45) is 0 Å². The summed E-state index contributed by atoms with van der Waals surface area (Å²) >= 11 is 3.30. The van der Waals surface area contributed by atoms with E-state index < -0.39 is 6.09 Å². The Labute approximate surface area is 95.2 Å². The van der Waals surface area contributed by atoms with E-state index in [1.807, 2.05) is 6.07 Å². The monoisotopic (exact) mass is 266 g/mol. The van der Waals surface area contributed by atoms with Gasteiger partial charge in [-0.1, -0.05) is 15.9 Å². The van der Waals surface area contributed by atoms with Crippen LogP contribution < -0.4 is 4.90 Å². The molecule has 0 spiro atoms. The van der Waals surface area contributed by atoms with Crippen LogP contribution in [0.1, 0.15) is 5.56 Å². The van der Waals surface area contributed by atoms with E-state index in [2.05, 4.69) is 15.9 Å². The van der Waals surface area contributed by atoms with Gasteiger partial charge in [-0.15, -0.1) is 0 Å². The molecule has 5 heteroatoms. The molecule has 1 fully saturated rings. The van der Waals surface area contributed by atoms with Crippen LogP contribution in [0.3, 0.4) is 0 Å². The maximum atomic E-state index is 11.3. The van der Waals surface area contributed by atoms with Crippen LogP contribution in [0.2, 0.25) is 0 Å². The lowest BCUT2D eigenvalue weighted by Crippen LogP contribution is -2.24. The van der Waals surface area contributed by atoms with Crippen LogP contribution in [0.25, 0.3) is 0 Å². The number of hydrogen-bond donors (Lipinski definition) is 0. The summed E-state index contributed by atoms with van der Waals surface area (Å²) in [4.78, 5) is 12.8. The van der Waals surface area contributed by atoms with E-state index in [1.165, 1.54) is 4.90 Å². The third-order valence-corrected chi connectivity index (χ3v) is 2.63. The highest BCUT2D eigenvalue weighted by molar-refractivity contribution is 9.10.